The van der Waals surface area contributed by atoms with Gasteiger partial charge in [-0.3, -0.25) is 14.5 Å². The first-order chi connectivity index (χ1) is 18.7. The highest BCUT2D eigenvalue weighted by molar-refractivity contribution is 5.95. The Labute approximate surface area is 230 Å². The molecule has 1 fully saturated rings. The fourth-order valence-electron chi connectivity index (χ4n) is 4.55. The number of nitrogens with zero attached hydrogens (tertiary/aromatic N) is 2. The van der Waals surface area contributed by atoms with Gasteiger partial charge in [-0.1, -0.05) is 45.0 Å². The van der Waals surface area contributed by atoms with Gasteiger partial charge in [-0.15, -0.1) is 0 Å². The van der Waals surface area contributed by atoms with Gasteiger partial charge in [0.2, 0.25) is 11.2 Å². The highest BCUT2D eigenvalue weighted by Crippen LogP contribution is 2.25. The molecule has 39 heavy (non-hydrogen) atoms. The molecule has 0 atom stereocenters. The van der Waals surface area contributed by atoms with Gasteiger partial charge < -0.3 is 23.5 Å². The monoisotopic (exact) mass is 534 g/mol. The normalized spacial score (nSPS) is 14.5. The van der Waals surface area contributed by atoms with Gasteiger partial charge in [0, 0.05) is 43.9 Å². The molecule has 0 saturated carbocycles. The predicted octanol–water partition coefficient (Wildman–Crippen LogP) is 4.88. The summed E-state index contributed by atoms with van der Waals surface area (Å²) in [6.45, 7) is 9.96. The van der Waals surface area contributed by atoms with Crippen molar-refractivity contribution in [2.75, 3.05) is 40.4 Å². The van der Waals surface area contributed by atoms with E-state index in [-0.39, 0.29) is 22.5 Å². The summed E-state index contributed by atoms with van der Waals surface area (Å²) in [5.41, 5.74) is 2.65. The molecule has 0 unspecified atom stereocenters. The van der Waals surface area contributed by atoms with E-state index in [1.165, 1.54) is 17.9 Å². The second-order valence-corrected chi connectivity index (χ2v) is 10.8. The maximum atomic E-state index is 13.2. The van der Waals surface area contributed by atoms with E-state index in [4.69, 9.17) is 18.6 Å². The van der Waals surface area contributed by atoms with Crippen molar-refractivity contribution >= 4 is 5.91 Å². The molecule has 1 aliphatic heterocycles. The van der Waals surface area contributed by atoms with Gasteiger partial charge in [-0.25, -0.2) is 0 Å². The van der Waals surface area contributed by atoms with Crippen molar-refractivity contribution < 1.29 is 23.4 Å². The maximum Gasteiger partial charge on any atom is 0.254 e. The molecule has 1 amide bonds. The summed E-state index contributed by atoms with van der Waals surface area (Å²) in [6.07, 6.45) is 2.21. The quantitative estimate of drug-likeness (QED) is 0.407. The molecule has 208 valence electrons. The van der Waals surface area contributed by atoms with Crippen LogP contribution in [0.5, 0.6) is 17.2 Å². The van der Waals surface area contributed by atoms with Gasteiger partial charge in [0.05, 0.1) is 20.8 Å². The van der Waals surface area contributed by atoms with E-state index in [1.54, 1.807) is 32.4 Å². The number of benzene rings is 2. The summed E-state index contributed by atoms with van der Waals surface area (Å²) >= 11 is 0. The molecule has 0 radical (unpaired) electrons. The summed E-state index contributed by atoms with van der Waals surface area (Å²) < 4.78 is 22.1. The number of hydrogen-bond acceptors (Lipinski definition) is 7. The van der Waals surface area contributed by atoms with E-state index in [1.807, 2.05) is 17.0 Å². The molecule has 8 heteroatoms. The van der Waals surface area contributed by atoms with Crippen molar-refractivity contribution in [1.29, 1.82) is 0 Å². The van der Waals surface area contributed by atoms with Gasteiger partial charge >= 0.3 is 0 Å². The third-order valence-corrected chi connectivity index (χ3v) is 6.92. The molecule has 0 spiro atoms. The van der Waals surface area contributed by atoms with Crippen LogP contribution in [-0.4, -0.2) is 56.1 Å². The van der Waals surface area contributed by atoms with Gasteiger partial charge in [0.1, 0.15) is 30.1 Å². The molecule has 8 nitrogen and oxygen atoms in total. The molecular formula is C31H38N2O6. The lowest BCUT2D eigenvalue weighted by Crippen LogP contribution is -2.35. The third-order valence-electron chi connectivity index (χ3n) is 6.92. The lowest BCUT2D eigenvalue weighted by molar-refractivity contribution is 0.0760. The molecule has 0 N–H and O–H groups in total. The Kier molecular flexibility index (Phi) is 8.97. The smallest absolute Gasteiger partial charge is 0.254 e. The number of amides is 1. The zero-order valence-corrected chi connectivity index (χ0v) is 23.5. The zero-order chi connectivity index (χ0) is 28.0. The van der Waals surface area contributed by atoms with E-state index in [0.29, 0.717) is 55.6 Å². The van der Waals surface area contributed by atoms with Crippen LogP contribution in [-0.2, 0) is 18.6 Å². The standard InChI is InChI=1S/C31H38N2O6/c1-31(2,3)24-9-7-22(8-10-24)20-39-29-21-38-27(18-28(29)34)19-32-11-6-12-33(14-13-32)30(35)23-15-25(36-4)17-26(16-23)37-5/h7-10,15-18,21H,6,11-14,19-20H2,1-5H3. The maximum absolute atomic E-state index is 13.2. The van der Waals surface area contributed by atoms with Crippen LogP contribution in [0.25, 0.3) is 0 Å². The average Bonchev–Trinajstić information content (AvgIpc) is 3.17. The number of hydrogen-bond donors (Lipinski definition) is 0. The molecule has 2 aromatic carbocycles. The highest BCUT2D eigenvalue weighted by atomic mass is 16.5. The van der Waals surface area contributed by atoms with Crippen LogP contribution in [0, 0.1) is 0 Å². The molecular weight excluding hydrogens is 496 g/mol. The van der Waals surface area contributed by atoms with Crippen LogP contribution in [0.4, 0.5) is 0 Å². The summed E-state index contributed by atoms with van der Waals surface area (Å²) in [6, 6.07) is 14.9. The Morgan fingerprint density at radius 2 is 1.62 bits per heavy atom. The van der Waals surface area contributed by atoms with Gasteiger partial charge in [0.25, 0.3) is 5.91 Å². The molecule has 0 bridgehead atoms. The van der Waals surface area contributed by atoms with Gasteiger partial charge in [-0.05, 0) is 35.1 Å². The Hall–Kier alpha value is -3.78. The van der Waals surface area contributed by atoms with Crippen LogP contribution in [0.1, 0.15) is 54.4 Å². The Bertz CT molecular complexity index is 1300. The second kappa shape index (κ2) is 12.4. The van der Waals surface area contributed by atoms with E-state index >= 15 is 0 Å². The number of carbonyl (C=O) groups is 1. The highest BCUT2D eigenvalue weighted by Gasteiger charge is 2.22. The van der Waals surface area contributed by atoms with E-state index < -0.39 is 0 Å². The van der Waals surface area contributed by atoms with Crippen molar-refractivity contribution in [1.82, 2.24) is 9.80 Å². The van der Waals surface area contributed by atoms with Crippen LogP contribution >= 0.6 is 0 Å². The number of carbonyl (C=O) groups excluding carboxylic acids is 1. The van der Waals surface area contributed by atoms with Crippen LogP contribution in [0.2, 0.25) is 0 Å². The van der Waals surface area contributed by atoms with Crippen LogP contribution < -0.4 is 19.6 Å². The topological polar surface area (TPSA) is 81.5 Å². The minimum Gasteiger partial charge on any atom is -0.497 e. The Balaban J connectivity index is 1.32. The lowest BCUT2D eigenvalue weighted by atomic mass is 9.87. The largest absolute Gasteiger partial charge is 0.497 e. The number of ether oxygens (including phenoxy) is 3. The molecule has 1 saturated heterocycles. The van der Waals surface area contributed by atoms with Crippen molar-refractivity contribution in [3.63, 3.8) is 0 Å². The summed E-state index contributed by atoms with van der Waals surface area (Å²) in [4.78, 5) is 29.9. The van der Waals surface area contributed by atoms with Crippen LogP contribution in [0.3, 0.4) is 0 Å². The zero-order valence-electron chi connectivity index (χ0n) is 23.5. The van der Waals surface area contributed by atoms with Crippen molar-refractivity contribution in [3.05, 3.63) is 87.5 Å². The molecule has 1 aromatic heterocycles. The minimum absolute atomic E-state index is 0.0601. The van der Waals surface area contributed by atoms with Gasteiger partial charge in [0.15, 0.2) is 0 Å². The summed E-state index contributed by atoms with van der Waals surface area (Å²) in [5, 5.41) is 0. The predicted molar refractivity (Wildman–Crippen MR) is 150 cm³/mol. The summed E-state index contributed by atoms with van der Waals surface area (Å²) in [5.74, 6) is 1.86. The molecule has 3 aromatic rings. The summed E-state index contributed by atoms with van der Waals surface area (Å²) in [7, 11) is 3.13. The first-order valence-corrected chi connectivity index (χ1v) is 13.2. The fourth-order valence-corrected chi connectivity index (χ4v) is 4.55. The van der Waals surface area contributed by atoms with Crippen molar-refractivity contribution in [2.24, 2.45) is 0 Å². The molecule has 4 rings (SSSR count). The van der Waals surface area contributed by atoms with E-state index in [9.17, 15) is 9.59 Å². The third kappa shape index (κ3) is 7.41. The number of methoxy groups -OCH3 is 2. The fraction of sp³-hybridized carbons (Fsp3) is 0.419. The van der Waals surface area contributed by atoms with Crippen LogP contribution in [0.15, 0.2) is 64.0 Å². The van der Waals surface area contributed by atoms with E-state index in [0.717, 1.165) is 18.5 Å². The first-order valence-electron chi connectivity index (χ1n) is 13.2. The Morgan fingerprint density at radius 1 is 0.923 bits per heavy atom. The Morgan fingerprint density at radius 3 is 2.23 bits per heavy atom. The average molecular weight is 535 g/mol. The molecule has 2 heterocycles. The molecule has 0 aliphatic carbocycles. The lowest BCUT2D eigenvalue weighted by Gasteiger charge is -2.22. The van der Waals surface area contributed by atoms with Crippen molar-refractivity contribution in [3.8, 4) is 17.2 Å². The van der Waals surface area contributed by atoms with Gasteiger partial charge in [-0.2, -0.15) is 0 Å². The van der Waals surface area contributed by atoms with Crippen molar-refractivity contribution in [2.45, 2.75) is 45.8 Å². The first kappa shape index (κ1) is 28.2. The molecule has 1 aliphatic rings. The number of rotatable bonds is 8. The SMILES string of the molecule is COc1cc(OC)cc(C(=O)N2CCCN(Cc3cc(=O)c(OCc4ccc(C(C)(C)C)cc4)co3)CC2)c1. The second-order valence-electron chi connectivity index (χ2n) is 10.8. The minimum atomic E-state index is -0.207. The van der Waals surface area contributed by atoms with E-state index in [2.05, 4.69) is 37.8 Å².